The van der Waals surface area contributed by atoms with Crippen LogP contribution in [0.25, 0.3) is 0 Å². The number of hydrogen-bond donors (Lipinski definition) is 0. The van der Waals surface area contributed by atoms with Crippen LogP contribution in [-0.2, 0) is 9.59 Å². The third-order valence-electron chi connectivity index (χ3n) is 3.42. The summed E-state index contributed by atoms with van der Waals surface area (Å²) < 4.78 is 0. The zero-order valence-corrected chi connectivity index (χ0v) is 8.58. The smallest absolute Gasteiger partial charge is 0.144 e. The Morgan fingerprint density at radius 1 is 1.43 bits per heavy atom. The summed E-state index contributed by atoms with van der Waals surface area (Å²) in [6.07, 6.45) is 6.12. The lowest BCUT2D eigenvalue weighted by atomic mass is 9.92. The van der Waals surface area contributed by atoms with Crippen LogP contribution in [-0.4, -0.2) is 11.6 Å². The molecule has 2 aliphatic rings. The maximum atomic E-state index is 11.4. The molecular weight excluding hydrogens is 176 g/mol. The Labute approximate surface area is 84.4 Å². The van der Waals surface area contributed by atoms with Crippen LogP contribution < -0.4 is 0 Å². The first-order valence-electron chi connectivity index (χ1n) is 5.40. The van der Waals surface area contributed by atoms with Crippen LogP contribution in [0.1, 0.15) is 39.0 Å². The van der Waals surface area contributed by atoms with Crippen molar-refractivity contribution in [2.45, 2.75) is 39.0 Å². The van der Waals surface area contributed by atoms with E-state index >= 15 is 0 Å². The van der Waals surface area contributed by atoms with E-state index in [0.717, 1.165) is 12.8 Å². The van der Waals surface area contributed by atoms with Gasteiger partial charge in [-0.3, -0.25) is 9.59 Å². The Hall–Kier alpha value is -0.920. The lowest BCUT2D eigenvalue weighted by Gasteiger charge is -2.12. The maximum absolute atomic E-state index is 11.4. The van der Waals surface area contributed by atoms with Gasteiger partial charge >= 0.3 is 0 Å². The van der Waals surface area contributed by atoms with Gasteiger partial charge in [-0.2, -0.15) is 0 Å². The van der Waals surface area contributed by atoms with Gasteiger partial charge in [0.05, 0.1) is 6.42 Å². The first-order chi connectivity index (χ1) is 6.66. The van der Waals surface area contributed by atoms with Crippen molar-refractivity contribution >= 4 is 11.6 Å². The van der Waals surface area contributed by atoms with Crippen molar-refractivity contribution in [3.05, 3.63) is 11.6 Å². The predicted octanol–water partition coefficient (Wildman–Crippen LogP) is 2.28. The zero-order chi connectivity index (χ0) is 10.1. The molecule has 0 heterocycles. The molecule has 2 nitrogen and oxygen atoms in total. The van der Waals surface area contributed by atoms with Crippen LogP contribution >= 0.6 is 0 Å². The summed E-state index contributed by atoms with van der Waals surface area (Å²) in [5.74, 6) is 0.925. The van der Waals surface area contributed by atoms with Gasteiger partial charge in [-0.25, -0.2) is 0 Å². The van der Waals surface area contributed by atoms with E-state index in [2.05, 4.69) is 13.0 Å². The van der Waals surface area contributed by atoms with E-state index in [1.165, 1.54) is 12.0 Å². The molecule has 2 heteroatoms. The Kier molecular flexibility index (Phi) is 2.53. The van der Waals surface area contributed by atoms with Crippen molar-refractivity contribution in [1.82, 2.24) is 0 Å². The van der Waals surface area contributed by atoms with E-state index in [-0.39, 0.29) is 23.9 Å². The minimum absolute atomic E-state index is 0.00861. The number of Topliss-reactive ketones (excluding diaryl/α,β-unsaturated/α-hetero) is 2. The van der Waals surface area contributed by atoms with Crippen molar-refractivity contribution in [1.29, 1.82) is 0 Å². The van der Waals surface area contributed by atoms with Gasteiger partial charge in [0.2, 0.25) is 0 Å². The Morgan fingerprint density at radius 2 is 2.21 bits per heavy atom. The third-order valence-corrected chi connectivity index (χ3v) is 3.42. The average molecular weight is 192 g/mol. The van der Waals surface area contributed by atoms with E-state index in [9.17, 15) is 9.59 Å². The van der Waals surface area contributed by atoms with E-state index in [4.69, 9.17) is 0 Å². The second-order valence-corrected chi connectivity index (χ2v) is 4.54. The number of carbonyl (C=O) groups is 2. The first kappa shape index (κ1) is 9.63. The molecule has 76 valence electrons. The molecule has 0 amide bonds. The number of carbonyl (C=O) groups excluding carboxylic acids is 2. The van der Waals surface area contributed by atoms with Gasteiger partial charge in [-0.1, -0.05) is 18.6 Å². The summed E-state index contributed by atoms with van der Waals surface area (Å²) >= 11 is 0. The highest BCUT2D eigenvalue weighted by Gasteiger charge is 2.32. The lowest BCUT2D eigenvalue weighted by Crippen LogP contribution is -2.08. The highest BCUT2D eigenvalue weighted by Crippen LogP contribution is 2.33. The zero-order valence-electron chi connectivity index (χ0n) is 8.58. The highest BCUT2D eigenvalue weighted by atomic mass is 16.2. The van der Waals surface area contributed by atoms with Crippen LogP contribution in [0.15, 0.2) is 11.6 Å². The fourth-order valence-electron chi connectivity index (χ4n) is 2.46. The highest BCUT2D eigenvalue weighted by molar-refractivity contribution is 6.07. The molecule has 0 aromatic carbocycles. The molecule has 0 saturated heterocycles. The van der Waals surface area contributed by atoms with Crippen molar-refractivity contribution in [2.24, 2.45) is 11.8 Å². The summed E-state index contributed by atoms with van der Waals surface area (Å²) in [6.45, 7) is 2.21. The molecule has 2 atom stereocenters. The van der Waals surface area contributed by atoms with Crippen LogP contribution in [0.5, 0.6) is 0 Å². The van der Waals surface area contributed by atoms with Crippen molar-refractivity contribution < 1.29 is 9.59 Å². The summed E-state index contributed by atoms with van der Waals surface area (Å²) in [6, 6.07) is 0. The van der Waals surface area contributed by atoms with Crippen molar-refractivity contribution in [3.8, 4) is 0 Å². The van der Waals surface area contributed by atoms with Gasteiger partial charge in [0.1, 0.15) is 11.6 Å². The van der Waals surface area contributed by atoms with E-state index in [1.807, 2.05) is 0 Å². The van der Waals surface area contributed by atoms with Gasteiger partial charge in [0.25, 0.3) is 0 Å². The molecule has 0 spiro atoms. The molecule has 0 aromatic heterocycles. The van der Waals surface area contributed by atoms with Crippen LogP contribution in [0, 0.1) is 11.8 Å². The number of hydrogen-bond acceptors (Lipinski definition) is 2. The summed E-state index contributed by atoms with van der Waals surface area (Å²) in [5, 5.41) is 0. The Morgan fingerprint density at radius 3 is 2.71 bits per heavy atom. The molecule has 2 rings (SSSR count). The molecule has 14 heavy (non-hydrogen) atoms. The SMILES string of the molecule is CC1CCC=C1CC1CC(=O)CC1=O. The number of rotatable bonds is 2. The van der Waals surface area contributed by atoms with E-state index in [1.54, 1.807) is 0 Å². The van der Waals surface area contributed by atoms with Gasteiger partial charge < -0.3 is 0 Å². The maximum Gasteiger partial charge on any atom is 0.144 e. The summed E-state index contributed by atoms with van der Waals surface area (Å²) in [7, 11) is 0. The van der Waals surface area contributed by atoms with E-state index in [0.29, 0.717) is 12.3 Å². The Bertz CT molecular complexity index is 301. The van der Waals surface area contributed by atoms with Crippen molar-refractivity contribution in [2.75, 3.05) is 0 Å². The third kappa shape index (κ3) is 1.79. The van der Waals surface area contributed by atoms with Gasteiger partial charge in [0.15, 0.2) is 0 Å². The minimum Gasteiger partial charge on any atom is -0.299 e. The largest absolute Gasteiger partial charge is 0.299 e. The van der Waals surface area contributed by atoms with Gasteiger partial charge in [-0.05, 0) is 25.2 Å². The fourth-order valence-corrected chi connectivity index (χ4v) is 2.46. The second kappa shape index (κ2) is 3.68. The average Bonchev–Trinajstić information content (AvgIpc) is 2.62. The molecular formula is C12H16O2. The lowest BCUT2D eigenvalue weighted by molar-refractivity contribution is -0.122. The van der Waals surface area contributed by atoms with Crippen molar-refractivity contribution in [3.63, 3.8) is 0 Å². The standard InChI is InChI=1S/C12H16O2/c1-8-3-2-4-9(8)5-10-6-11(13)7-12(10)14/h4,8,10H,2-3,5-7H2,1H3. The molecule has 0 aromatic rings. The normalized spacial score (nSPS) is 32.5. The second-order valence-electron chi connectivity index (χ2n) is 4.54. The number of allylic oxidation sites excluding steroid dienone is 2. The topological polar surface area (TPSA) is 34.1 Å². The fraction of sp³-hybridized carbons (Fsp3) is 0.667. The van der Waals surface area contributed by atoms with Gasteiger partial charge in [0, 0.05) is 12.3 Å². The summed E-state index contributed by atoms with van der Waals surface area (Å²) in [4.78, 5) is 22.5. The first-order valence-corrected chi connectivity index (χ1v) is 5.40. The number of ketones is 2. The molecule has 0 radical (unpaired) electrons. The summed E-state index contributed by atoms with van der Waals surface area (Å²) in [5.41, 5.74) is 1.40. The Balaban J connectivity index is 1.98. The minimum atomic E-state index is 0.00861. The predicted molar refractivity (Wildman–Crippen MR) is 53.8 cm³/mol. The van der Waals surface area contributed by atoms with E-state index < -0.39 is 0 Å². The molecule has 0 bridgehead atoms. The van der Waals surface area contributed by atoms with Crippen LogP contribution in [0.2, 0.25) is 0 Å². The van der Waals surface area contributed by atoms with Crippen LogP contribution in [0.3, 0.4) is 0 Å². The van der Waals surface area contributed by atoms with Crippen LogP contribution in [0.4, 0.5) is 0 Å². The molecule has 0 aliphatic heterocycles. The molecule has 1 fully saturated rings. The molecule has 2 unspecified atom stereocenters. The molecule has 0 N–H and O–H groups in total. The van der Waals surface area contributed by atoms with Gasteiger partial charge in [-0.15, -0.1) is 0 Å². The quantitative estimate of drug-likeness (QED) is 0.497. The molecule has 1 saturated carbocycles. The monoisotopic (exact) mass is 192 g/mol. The molecule has 2 aliphatic carbocycles.